The van der Waals surface area contributed by atoms with Crippen LogP contribution in [0.5, 0.6) is 11.5 Å². The van der Waals surface area contributed by atoms with Gasteiger partial charge in [-0.2, -0.15) is 0 Å². The zero-order valence-electron chi connectivity index (χ0n) is 14.2. The van der Waals surface area contributed by atoms with Gasteiger partial charge in [0, 0.05) is 17.0 Å². The molecule has 0 unspecified atom stereocenters. The molecule has 1 aromatic heterocycles. The summed E-state index contributed by atoms with van der Waals surface area (Å²) in [6.07, 6.45) is 3.80. The molecule has 1 saturated heterocycles. The van der Waals surface area contributed by atoms with E-state index in [2.05, 4.69) is 0 Å². The van der Waals surface area contributed by atoms with Crippen LogP contribution in [0.1, 0.15) is 38.8 Å². The second-order valence-electron chi connectivity index (χ2n) is 7.55. The summed E-state index contributed by atoms with van der Waals surface area (Å²) in [6.45, 7) is 8.62. The van der Waals surface area contributed by atoms with E-state index in [0.717, 1.165) is 5.56 Å². The molecule has 0 aliphatic carbocycles. The van der Waals surface area contributed by atoms with Gasteiger partial charge in [0.15, 0.2) is 0 Å². The van der Waals surface area contributed by atoms with Gasteiger partial charge in [-0.1, -0.05) is 13.8 Å². The molecule has 2 aliphatic rings. The molecule has 126 valence electrons. The van der Waals surface area contributed by atoms with Crippen molar-refractivity contribution in [2.45, 2.75) is 44.8 Å². The van der Waals surface area contributed by atoms with Crippen molar-refractivity contribution in [3.63, 3.8) is 0 Å². The Morgan fingerprint density at radius 1 is 1.29 bits per heavy atom. The van der Waals surface area contributed by atoms with Crippen LogP contribution in [-0.4, -0.2) is 23.4 Å². The summed E-state index contributed by atoms with van der Waals surface area (Å²) in [5.41, 5.74) is 0.348. The van der Waals surface area contributed by atoms with E-state index in [-0.39, 0.29) is 11.9 Å². The summed E-state index contributed by atoms with van der Waals surface area (Å²) in [6, 6.07) is 2.91. The first-order chi connectivity index (χ1) is 11.2. The normalized spacial score (nSPS) is 21.4. The molecule has 3 heterocycles. The molecule has 1 atom stereocenters. The number of hydrogen-bond donors (Lipinski definition) is 1. The molecule has 0 radical (unpaired) electrons. The summed E-state index contributed by atoms with van der Waals surface area (Å²) < 4.78 is 17.2. The SMILES string of the molecule is CC1(C)C=Cc2c(c(C(C)(C)[C@H]3CO3)c3oc(=O)ccc3c2O)O1. The Balaban J connectivity index is 2.15. The Bertz CT molecular complexity index is 929. The molecular formula is C19H20O5. The van der Waals surface area contributed by atoms with E-state index in [9.17, 15) is 9.90 Å². The molecule has 1 N–H and O–H groups in total. The number of aromatic hydroxyl groups is 1. The lowest BCUT2D eigenvalue weighted by Gasteiger charge is -2.34. The average molecular weight is 328 g/mol. The number of hydrogen-bond acceptors (Lipinski definition) is 5. The second-order valence-corrected chi connectivity index (χ2v) is 7.55. The van der Waals surface area contributed by atoms with E-state index in [1.165, 1.54) is 6.07 Å². The number of rotatable bonds is 2. The number of epoxide rings is 1. The van der Waals surface area contributed by atoms with Crippen molar-refractivity contribution in [1.29, 1.82) is 0 Å². The quantitative estimate of drug-likeness (QED) is 0.676. The maximum Gasteiger partial charge on any atom is 0.336 e. The molecule has 0 bridgehead atoms. The van der Waals surface area contributed by atoms with Crippen molar-refractivity contribution < 1.29 is 19.0 Å². The van der Waals surface area contributed by atoms with Crippen molar-refractivity contribution in [2.75, 3.05) is 6.61 Å². The van der Waals surface area contributed by atoms with Crippen molar-refractivity contribution in [3.05, 3.63) is 39.8 Å². The Labute approximate surface area is 139 Å². The summed E-state index contributed by atoms with van der Waals surface area (Å²) in [5.74, 6) is 0.620. The van der Waals surface area contributed by atoms with Gasteiger partial charge in [0.2, 0.25) is 0 Å². The number of ether oxygens (including phenoxy) is 2. The molecule has 5 nitrogen and oxygen atoms in total. The van der Waals surface area contributed by atoms with Crippen LogP contribution in [0.4, 0.5) is 0 Å². The van der Waals surface area contributed by atoms with E-state index in [1.807, 2.05) is 39.8 Å². The zero-order chi connectivity index (χ0) is 17.3. The predicted molar refractivity (Wildman–Crippen MR) is 90.7 cm³/mol. The summed E-state index contributed by atoms with van der Waals surface area (Å²) in [4.78, 5) is 11.8. The van der Waals surface area contributed by atoms with Crippen LogP contribution in [0.15, 0.2) is 27.4 Å². The molecule has 2 aliphatic heterocycles. The molecule has 1 fully saturated rings. The number of fused-ring (bicyclic) bond motifs is 2. The van der Waals surface area contributed by atoms with Gasteiger partial charge in [-0.3, -0.25) is 0 Å². The Morgan fingerprint density at radius 3 is 2.67 bits per heavy atom. The second kappa shape index (κ2) is 4.63. The molecule has 24 heavy (non-hydrogen) atoms. The molecule has 0 spiro atoms. The number of benzene rings is 1. The van der Waals surface area contributed by atoms with Gasteiger partial charge in [0.05, 0.1) is 23.7 Å². The molecule has 0 amide bonds. The van der Waals surface area contributed by atoms with E-state index in [0.29, 0.717) is 28.9 Å². The number of phenolic OH excluding ortho intramolecular Hbond substituents is 1. The fourth-order valence-electron chi connectivity index (χ4n) is 3.33. The smallest absolute Gasteiger partial charge is 0.336 e. The lowest BCUT2D eigenvalue weighted by molar-refractivity contribution is 0.153. The molecule has 5 heteroatoms. The van der Waals surface area contributed by atoms with Gasteiger partial charge < -0.3 is 19.0 Å². The Hall–Kier alpha value is -2.27. The van der Waals surface area contributed by atoms with Crippen LogP contribution in [-0.2, 0) is 10.2 Å². The van der Waals surface area contributed by atoms with Crippen LogP contribution < -0.4 is 10.4 Å². The highest BCUT2D eigenvalue weighted by atomic mass is 16.6. The van der Waals surface area contributed by atoms with Crippen LogP contribution >= 0.6 is 0 Å². The van der Waals surface area contributed by atoms with Gasteiger partial charge in [-0.15, -0.1) is 0 Å². The van der Waals surface area contributed by atoms with E-state index >= 15 is 0 Å². The van der Waals surface area contributed by atoms with E-state index in [1.54, 1.807) is 6.07 Å². The number of phenols is 1. The van der Waals surface area contributed by atoms with Crippen LogP contribution in [0.2, 0.25) is 0 Å². The lowest BCUT2D eigenvalue weighted by Crippen LogP contribution is -2.32. The molecule has 2 aromatic rings. The highest BCUT2D eigenvalue weighted by Crippen LogP contribution is 2.51. The monoisotopic (exact) mass is 328 g/mol. The van der Waals surface area contributed by atoms with Gasteiger partial charge in [0.1, 0.15) is 22.7 Å². The van der Waals surface area contributed by atoms with Crippen molar-refractivity contribution in [3.8, 4) is 11.5 Å². The van der Waals surface area contributed by atoms with Crippen LogP contribution in [0.3, 0.4) is 0 Å². The molecule has 1 aromatic carbocycles. The minimum Gasteiger partial charge on any atom is -0.506 e. The average Bonchev–Trinajstić information content (AvgIpc) is 3.30. The van der Waals surface area contributed by atoms with Gasteiger partial charge in [-0.25, -0.2) is 4.79 Å². The summed E-state index contributed by atoms with van der Waals surface area (Å²) >= 11 is 0. The van der Waals surface area contributed by atoms with E-state index < -0.39 is 16.6 Å². The summed E-state index contributed by atoms with van der Waals surface area (Å²) in [5, 5.41) is 11.2. The zero-order valence-corrected chi connectivity index (χ0v) is 14.2. The molecule has 0 saturated carbocycles. The highest BCUT2D eigenvalue weighted by molar-refractivity contribution is 5.94. The minimum atomic E-state index is -0.516. The summed E-state index contributed by atoms with van der Waals surface area (Å²) in [7, 11) is 0. The van der Waals surface area contributed by atoms with Crippen molar-refractivity contribution >= 4 is 17.0 Å². The van der Waals surface area contributed by atoms with Gasteiger partial charge in [-0.05, 0) is 32.1 Å². The maximum absolute atomic E-state index is 11.8. The van der Waals surface area contributed by atoms with Gasteiger partial charge in [0.25, 0.3) is 0 Å². The Morgan fingerprint density at radius 2 is 2.00 bits per heavy atom. The fraction of sp³-hybridized carbons (Fsp3) is 0.421. The van der Waals surface area contributed by atoms with E-state index in [4.69, 9.17) is 13.9 Å². The largest absolute Gasteiger partial charge is 0.506 e. The van der Waals surface area contributed by atoms with Crippen LogP contribution in [0.25, 0.3) is 17.0 Å². The fourth-order valence-corrected chi connectivity index (χ4v) is 3.33. The van der Waals surface area contributed by atoms with Gasteiger partial charge >= 0.3 is 5.63 Å². The van der Waals surface area contributed by atoms with Crippen molar-refractivity contribution in [2.24, 2.45) is 0 Å². The highest BCUT2D eigenvalue weighted by Gasteiger charge is 2.46. The Kier molecular flexibility index (Phi) is 2.95. The minimum absolute atomic E-state index is 0.0254. The first-order valence-electron chi connectivity index (χ1n) is 8.04. The topological polar surface area (TPSA) is 72.2 Å². The predicted octanol–water partition coefficient (Wildman–Crippen LogP) is 3.36. The first-order valence-corrected chi connectivity index (χ1v) is 8.04. The first kappa shape index (κ1) is 15.3. The molecule has 4 rings (SSSR count). The van der Waals surface area contributed by atoms with Crippen LogP contribution in [0, 0.1) is 0 Å². The third kappa shape index (κ3) is 2.15. The maximum atomic E-state index is 11.8. The van der Waals surface area contributed by atoms with Crippen molar-refractivity contribution in [1.82, 2.24) is 0 Å². The molecular weight excluding hydrogens is 308 g/mol. The third-order valence-electron chi connectivity index (χ3n) is 4.84. The third-order valence-corrected chi connectivity index (χ3v) is 4.84. The standard InChI is InChI=1S/C19H20O5/c1-18(2)8-7-11-15(21)10-5-6-13(20)23-16(10)14(17(11)24-18)19(3,4)12-9-22-12/h5-8,12,21H,9H2,1-4H3/t12-/m1/s1. The lowest BCUT2D eigenvalue weighted by atomic mass is 9.78.